The molecule has 0 radical (unpaired) electrons. The van der Waals surface area contributed by atoms with Crippen LogP contribution in [0.3, 0.4) is 0 Å². The largest absolute Gasteiger partial charge is 0.488 e. The lowest BCUT2D eigenvalue weighted by molar-refractivity contribution is -0.139. The van der Waals surface area contributed by atoms with Gasteiger partial charge in [0.1, 0.15) is 28.1 Å². The van der Waals surface area contributed by atoms with E-state index in [1.54, 1.807) is 43.6 Å². The number of thiazole rings is 1. The first-order valence-electron chi connectivity index (χ1n) is 14.1. The highest BCUT2D eigenvalue weighted by Crippen LogP contribution is 2.36. The summed E-state index contributed by atoms with van der Waals surface area (Å²) in [7, 11) is 1.74. The average Bonchev–Trinajstić information content (AvgIpc) is 3.60. The van der Waals surface area contributed by atoms with Crippen LogP contribution in [0.15, 0.2) is 29.6 Å². The van der Waals surface area contributed by atoms with Crippen LogP contribution in [-0.4, -0.2) is 58.8 Å². The van der Waals surface area contributed by atoms with Gasteiger partial charge in [-0.25, -0.2) is 4.98 Å². The summed E-state index contributed by atoms with van der Waals surface area (Å²) in [4.78, 5) is 46.5. The number of carbonyl (C=O) groups is 3. The lowest BCUT2D eigenvalue weighted by Gasteiger charge is -2.35. The molecule has 1 aliphatic heterocycles. The van der Waals surface area contributed by atoms with Gasteiger partial charge in [0.25, 0.3) is 0 Å². The van der Waals surface area contributed by atoms with Crippen molar-refractivity contribution < 1.29 is 19.1 Å². The smallest absolute Gasteiger partial charge is 0.246 e. The van der Waals surface area contributed by atoms with Gasteiger partial charge in [-0.3, -0.25) is 14.4 Å². The van der Waals surface area contributed by atoms with Crippen molar-refractivity contribution in [2.45, 2.75) is 96.4 Å². The molecule has 0 unspecified atom stereocenters. The zero-order chi connectivity index (χ0) is 28.2. The zero-order valence-electron chi connectivity index (χ0n) is 23.8. The topological polar surface area (TPSA) is 101 Å². The van der Waals surface area contributed by atoms with Crippen molar-refractivity contribution >= 4 is 28.9 Å². The van der Waals surface area contributed by atoms with Crippen LogP contribution in [0.5, 0.6) is 5.75 Å². The molecule has 212 valence electrons. The van der Waals surface area contributed by atoms with Gasteiger partial charge >= 0.3 is 0 Å². The Labute approximate surface area is 235 Å². The SMILES string of the molecule is CN[C@@H](C)C(=O)N[C@H](C(=O)N1CCC[C@H]1c1nc(C(=O)c2ccc(OC(C)(C)C)cc2)cs1)C1CCCCC1. The maximum absolute atomic E-state index is 14.0. The lowest BCUT2D eigenvalue weighted by Crippen LogP contribution is -2.55. The van der Waals surface area contributed by atoms with Crippen LogP contribution in [0, 0.1) is 5.92 Å². The second-order valence-corrected chi connectivity index (χ2v) is 12.6. The number of amides is 2. The molecule has 1 saturated heterocycles. The maximum Gasteiger partial charge on any atom is 0.246 e. The van der Waals surface area contributed by atoms with E-state index in [0.717, 1.165) is 43.5 Å². The van der Waals surface area contributed by atoms with Gasteiger partial charge in [-0.05, 0) is 90.6 Å². The summed E-state index contributed by atoms with van der Waals surface area (Å²) in [5.74, 6) is 0.516. The van der Waals surface area contributed by atoms with Crippen LogP contribution in [0.4, 0.5) is 0 Å². The molecule has 0 spiro atoms. The molecule has 2 N–H and O–H groups in total. The average molecular weight is 555 g/mol. The van der Waals surface area contributed by atoms with Gasteiger partial charge in [-0.2, -0.15) is 0 Å². The molecule has 1 saturated carbocycles. The monoisotopic (exact) mass is 554 g/mol. The molecule has 2 aromatic rings. The fourth-order valence-corrected chi connectivity index (χ4v) is 6.39. The Morgan fingerprint density at radius 2 is 1.74 bits per heavy atom. The van der Waals surface area contributed by atoms with Crippen molar-refractivity contribution in [1.82, 2.24) is 20.5 Å². The van der Waals surface area contributed by atoms with Gasteiger partial charge in [0.2, 0.25) is 17.6 Å². The van der Waals surface area contributed by atoms with Crippen molar-refractivity contribution in [3.63, 3.8) is 0 Å². The summed E-state index contributed by atoms with van der Waals surface area (Å²) in [6.45, 7) is 8.37. The summed E-state index contributed by atoms with van der Waals surface area (Å²) in [5.41, 5.74) is 0.620. The third-order valence-corrected chi connectivity index (χ3v) is 8.57. The quantitative estimate of drug-likeness (QED) is 0.428. The lowest BCUT2D eigenvalue weighted by atomic mass is 9.83. The summed E-state index contributed by atoms with van der Waals surface area (Å²) in [5, 5.41) is 8.60. The summed E-state index contributed by atoms with van der Waals surface area (Å²) in [6.07, 6.45) is 6.88. The van der Waals surface area contributed by atoms with Crippen LogP contribution in [0.1, 0.15) is 99.7 Å². The third kappa shape index (κ3) is 7.25. The number of ether oxygens (including phenoxy) is 1. The van der Waals surface area contributed by atoms with E-state index >= 15 is 0 Å². The molecule has 2 fully saturated rings. The third-order valence-electron chi connectivity index (χ3n) is 7.63. The van der Waals surface area contributed by atoms with Gasteiger partial charge in [0, 0.05) is 17.5 Å². The van der Waals surface area contributed by atoms with Crippen molar-refractivity contribution in [1.29, 1.82) is 0 Å². The van der Waals surface area contributed by atoms with Gasteiger partial charge in [0.05, 0.1) is 12.1 Å². The normalized spacial score (nSPS) is 19.9. The van der Waals surface area contributed by atoms with Crippen molar-refractivity contribution in [2.24, 2.45) is 5.92 Å². The molecule has 1 aliphatic carbocycles. The predicted molar refractivity (Wildman–Crippen MR) is 153 cm³/mol. The molecule has 2 heterocycles. The fourth-order valence-electron chi connectivity index (χ4n) is 5.44. The Bertz CT molecular complexity index is 1150. The van der Waals surface area contributed by atoms with E-state index in [-0.39, 0.29) is 41.2 Å². The van der Waals surface area contributed by atoms with Crippen LogP contribution in [0.2, 0.25) is 0 Å². The van der Waals surface area contributed by atoms with Gasteiger partial charge in [-0.15, -0.1) is 11.3 Å². The van der Waals surface area contributed by atoms with Gasteiger partial charge in [-0.1, -0.05) is 19.3 Å². The molecular weight excluding hydrogens is 512 g/mol. The van der Waals surface area contributed by atoms with E-state index in [1.807, 2.05) is 25.7 Å². The Kier molecular flexibility index (Phi) is 9.43. The number of likely N-dealkylation sites (tertiary alicyclic amines) is 1. The number of rotatable bonds is 9. The molecular formula is C30H42N4O4S. The number of nitrogens with one attached hydrogen (secondary N) is 2. The second-order valence-electron chi connectivity index (χ2n) is 11.7. The molecule has 39 heavy (non-hydrogen) atoms. The molecule has 3 atom stereocenters. The van der Waals surface area contributed by atoms with E-state index < -0.39 is 6.04 Å². The molecule has 0 bridgehead atoms. The Morgan fingerprint density at radius 3 is 2.38 bits per heavy atom. The van der Waals surface area contributed by atoms with Crippen LogP contribution in [0.25, 0.3) is 0 Å². The first kappa shape index (κ1) is 29.2. The number of likely N-dealkylation sites (N-methyl/N-ethyl adjacent to an activating group) is 1. The van der Waals surface area contributed by atoms with E-state index in [0.29, 0.717) is 23.6 Å². The number of hydrogen-bond acceptors (Lipinski definition) is 7. The highest BCUT2D eigenvalue weighted by molar-refractivity contribution is 7.10. The summed E-state index contributed by atoms with van der Waals surface area (Å²) < 4.78 is 5.86. The maximum atomic E-state index is 14.0. The highest BCUT2D eigenvalue weighted by atomic mass is 32.1. The summed E-state index contributed by atoms with van der Waals surface area (Å²) in [6, 6.07) is 6.03. The zero-order valence-corrected chi connectivity index (χ0v) is 24.6. The number of nitrogens with zero attached hydrogens (tertiary/aromatic N) is 2. The molecule has 4 rings (SSSR count). The van der Waals surface area contributed by atoms with Gasteiger partial charge in [0.15, 0.2) is 0 Å². The van der Waals surface area contributed by atoms with E-state index in [4.69, 9.17) is 9.72 Å². The molecule has 8 nitrogen and oxygen atoms in total. The molecule has 1 aromatic carbocycles. The number of benzene rings is 1. The van der Waals surface area contributed by atoms with E-state index in [9.17, 15) is 14.4 Å². The van der Waals surface area contributed by atoms with Crippen molar-refractivity contribution in [2.75, 3.05) is 13.6 Å². The molecule has 2 amide bonds. The van der Waals surface area contributed by atoms with E-state index in [2.05, 4.69) is 10.6 Å². The highest BCUT2D eigenvalue weighted by Gasteiger charge is 2.40. The predicted octanol–water partition coefficient (Wildman–Crippen LogP) is 4.89. The van der Waals surface area contributed by atoms with Crippen LogP contribution in [-0.2, 0) is 9.59 Å². The van der Waals surface area contributed by atoms with Crippen LogP contribution < -0.4 is 15.4 Å². The summed E-state index contributed by atoms with van der Waals surface area (Å²) >= 11 is 1.42. The second kappa shape index (κ2) is 12.6. The minimum absolute atomic E-state index is 0.0291. The van der Waals surface area contributed by atoms with Crippen molar-refractivity contribution in [3.8, 4) is 5.75 Å². The Morgan fingerprint density at radius 1 is 1.05 bits per heavy atom. The number of ketones is 1. The Hall–Kier alpha value is -2.78. The number of hydrogen-bond donors (Lipinski definition) is 2. The minimum Gasteiger partial charge on any atom is -0.488 e. The number of carbonyl (C=O) groups excluding carboxylic acids is 3. The Balaban J connectivity index is 1.49. The first-order chi connectivity index (χ1) is 18.6. The molecule has 1 aromatic heterocycles. The molecule has 2 aliphatic rings. The first-order valence-corrected chi connectivity index (χ1v) is 15.0. The fraction of sp³-hybridized carbons (Fsp3) is 0.600. The van der Waals surface area contributed by atoms with E-state index in [1.165, 1.54) is 17.8 Å². The van der Waals surface area contributed by atoms with Crippen molar-refractivity contribution in [3.05, 3.63) is 45.9 Å². The van der Waals surface area contributed by atoms with Crippen LogP contribution >= 0.6 is 11.3 Å². The molecule has 9 heteroatoms. The van der Waals surface area contributed by atoms with Gasteiger partial charge < -0.3 is 20.3 Å². The minimum atomic E-state index is -0.538. The standard InChI is InChI=1S/C30H42N4O4S/c1-19(31-5)27(36)33-25(20-10-7-6-8-11-20)29(37)34-17-9-12-24(34)28-32-23(18-39-28)26(35)21-13-15-22(16-14-21)38-30(2,3)4/h13-16,18-20,24-25,31H,6-12,17H2,1-5H3,(H,33,36)/t19-,24-,25-/m0/s1. The number of aromatic nitrogens is 1.